The summed E-state index contributed by atoms with van der Waals surface area (Å²) in [4.78, 5) is 26.4. The van der Waals surface area contributed by atoms with Crippen molar-refractivity contribution in [1.82, 2.24) is 19.5 Å². The Balaban J connectivity index is 1.44. The van der Waals surface area contributed by atoms with E-state index in [-0.39, 0.29) is 24.1 Å². The van der Waals surface area contributed by atoms with Crippen LogP contribution in [0.25, 0.3) is 15.7 Å². The van der Waals surface area contributed by atoms with Crippen LogP contribution in [-0.2, 0) is 24.3 Å². The number of rotatable bonds is 7. The first-order chi connectivity index (χ1) is 14.4. The zero-order valence-corrected chi connectivity index (χ0v) is 18.0. The van der Waals surface area contributed by atoms with E-state index in [0.29, 0.717) is 12.1 Å². The largest absolute Gasteiger partial charge is 0.491 e. The van der Waals surface area contributed by atoms with Crippen molar-refractivity contribution < 1.29 is 9.53 Å². The van der Waals surface area contributed by atoms with Crippen LogP contribution in [0.5, 0.6) is 5.75 Å². The smallest absolute Gasteiger partial charge is 0.291 e. The van der Waals surface area contributed by atoms with Crippen molar-refractivity contribution in [3.8, 4) is 5.75 Å². The first-order valence-corrected chi connectivity index (χ1v) is 10.8. The molecule has 4 aromatic rings. The number of amides is 1. The van der Waals surface area contributed by atoms with Crippen LogP contribution in [0, 0.1) is 0 Å². The molecule has 156 valence electrons. The molecule has 0 aliphatic rings. The van der Waals surface area contributed by atoms with Crippen LogP contribution in [0.2, 0.25) is 0 Å². The fraction of sp³-hybridized carbons (Fsp3) is 0.318. The van der Waals surface area contributed by atoms with E-state index in [1.54, 1.807) is 22.1 Å². The molecular weight excluding hydrogens is 400 g/mol. The summed E-state index contributed by atoms with van der Waals surface area (Å²) in [6, 6.07) is 11.5. The normalized spacial score (nSPS) is 11.5. The topological polar surface area (TPSA) is 77.6 Å². The molecule has 3 heterocycles. The van der Waals surface area contributed by atoms with Crippen molar-refractivity contribution in [3.63, 3.8) is 0 Å². The van der Waals surface area contributed by atoms with E-state index < -0.39 is 0 Å². The van der Waals surface area contributed by atoms with Gasteiger partial charge in [0.25, 0.3) is 5.56 Å². The maximum Gasteiger partial charge on any atom is 0.291 e. The fourth-order valence-corrected chi connectivity index (χ4v) is 4.32. The Morgan fingerprint density at radius 3 is 2.67 bits per heavy atom. The molecule has 8 heteroatoms. The second-order valence-electron chi connectivity index (χ2n) is 7.40. The van der Waals surface area contributed by atoms with Gasteiger partial charge in [0.2, 0.25) is 5.91 Å². The van der Waals surface area contributed by atoms with Crippen LogP contribution in [0.15, 0.2) is 47.5 Å². The van der Waals surface area contributed by atoms with Gasteiger partial charge in [-0.25, -0.2) is 4.68 Å². The van der Waals surface area contributed by atoms with Crippen molar-refractivity contribution >= 4 is 33.0 Å². The third kappa shape index (κ3) is 4.09. The molecule has 0 unspecified atom stereocenters. The summed E-state index contributed by atoms with van der Waals surface area (Å²) in [6.07, 6.45) is 2.68. The predicted molar refractivity (Wildman–Crippen MR) is 118 cm³/mol. The molecule has 1 amide bonds. The van der Waals surface area contributed by atoms with Gasteiger partial charge in [-0.2, -0.15) is 5.10 Å². The molecule has 0 fully saturated rings. The molecular formula is C22H24N4O3S. The fourth-order valence-electron chi connectivity index (χ4n) is 3.29. The minimum atomic E-state index is -0.274. The van der Waals surface area contributed by atoms with Gasteiger partial charge >= 0.3 is 0 Å². The molecule has 0 saturated heterocycles. The molecule has 7 nitrogen and oxygen atoms in total. The van der Waals surface area contributed by atoms with Gasteiger partial charge in [-0.05, 0) is 50.1 Å². The minimum absolute atomic E-state index is 0.115. The zero-order valence-electron chi connectivity index (χ0n) is 17.2. The molecule has 0 spiro atoms. The number of aromatic nitrogens is 3. The van der Waals surface area contributed by atoms with Gasteiger partial charge in [-0.3, -0.25) is 14.0 Å². The number of carbonyl (C=O) groups is 1. The van der Waals surface area contributed by atoms with Gasteiger partial charge < -0.3 is 10.1 Å². The van der Waals surface area contributed by atoms with Crippen LogP contribution in [0.3, 0.4) is 0 Å². The van der Waals surface area contributed by atoms with Crippen molar-refractivity contribution in [2.24, 2.45) is 0 Å². The Hall–Kier alpha value is -3.13. The van der Waals surface area contributed by atoms with E-state index in [1.165, 1.54) is 9.56 Å². The molecule has 1 N–H and O–H groups in total. The van der Waals surface area contributed by atoms with Crippen molar-refractivity contribution in [2.75, 3.05) is 0 Å². The van der Waals surface area contributed by atoms with Gasteiger partial charge in [-0.15, -0.1) is 11.3 Å². The number of hydrogen-bond acceptors (Lipinski definition) is 5. The molecule has 0 radical (unpaired) electrons. The molecule has 0 bridgehead atoms. The monoisotopic (exact) mass is 424 g/mol. The summed E-state index contributed by atoms with van der Waals surface area (Å²) in [5.41, 5.74) is 2.19. The number of thiophene rings is 1. The van der Waals surface area contributed by atoms with Crippen molar-refractivity contribution in [3.05, 3.63) is 63.5 Å². The maximum atomic E-state index is 12.8. The Kier molecular flexibility index (Phi) is 5.59. The van der Waals surface area contributed by atoms with Gasteiger partial charge in [0, 0.05) is 11.4 Å². The highest BCUT2D eigenvalue weighted by Crippen LogP contribution is 2.28. The summed E-state index contributed by atoms with van der Waals surface area (Å²) in [6.45, 7) is 6.30. The maximum absolute atomic E-state index is 12.8. The average Bonchev–Trinajstić information content (AvgIpc) is 3.27. The van der Waals surface area contributed by atoms with Crippen LogP contribution >= 0.6 is 11.3 Å². The third-order valence-corrected chi connectivity index (χ3v) is 5.98. The summed E-state index contributed by atoms with van der Waals surface area (Å²) >= 11 is 1.68. The molecule has 0 aliphatic carbocycles. The summed E-state index contributed by atoms with van der Waals surface area (Å²) in [5.74, 6) is 0.528. The van der Waals surface area contributed by atoms with Gasteiger partial charge in [0.1, 0.15) is 24.1 Å². The van der Waals surface area contributed by atoms with Crippen LogP contribution in [0.1, 0.15) is 31.2 Å². The predicted octanol–water partition coefficient (Wildman–Crippen LogP) is 3.38. The second kappa shape index (κ2) is 8.31. The Morgan fingerprint density at radius 1 is 1.20 bits per heavy atom. The highest BCUT2D eigenvalue weighted by molar-refractivity contribution is 7.19. The number of nitrogens with one attached hydrogen (secondary N) is 1. The lowest BCUT2D eigenvalue weighted by atomic mass is 10.2. The minimum Gasteiger partial charge on any atom is -0.491 e. The standard InChI is InChI=1S/C22H24N4O3S/c1-4-17-9-18-20(30-17)10-19-22(28)26(24-13-25(18)19)12-21(27)23-11-15-5-7-16(8-6-15)29-14(2)3/h5-10,13-14H,4,11-12H2,1-3H3,(H,23,27). The van der Waals surface area contributed by atoms with E-state index in [2.05, 4.69) is 23.4 Å². The highest BCUT2D eigenvalue weighted by atomic mass is 32.1. The lowest BCUT2D eigenvalue weighted by molar-refractivity contribution is -0.122. The molecule has 0 saturated carbocycles. The van der Waals surface area contributed by atoms with Crippen molar-refractivity contribution in [1.29, 1.82) is 0 Å². The number of benzene rings is 1. The third-order valence-electron chi connectivity index (χ3n) is 4.76. The molecule has 0 aliphatic heterocycles. The molecule has 4 rings (SSSR count). The lowest BCUT2D eigenvalue weighted by Gasteiger charge is -2.11. The Morgan fingerprint density at radius 2 is 1.97 bits per heavy atom. The van der Waals surface area contributed by atoms with E-state index >= 15 is 0 Å². The van der Waals surface area contributed by atoms with Crippen LogP contribution < -0.4 is 15.6 Å². The van der Waals surface area contributed by atoms with Crippen LogP contribution in [-0.4, -0.2) is 26.2 Å². The molecule has 1 aromatic carbocycles. The van der Waals surface area contributed by atoms with Crippen LogP contribution in [0.4, 0.5) is 0 Å². The second-order valence-corrected chi connectivity index (χ2v) is 8.56. The number of carbonyl (C=O) groups excluding carboxylic acids is 1. The van der Waals surface area contributed by atoms with E-state index in [1.807, 2.05) is 44.2 Å². The number of nitrogens with zero attached hydrogens (tertiary/aromatic N) is 3. The van der Waals surface area contributed by atoms with E-state index in [9.17, 15) is 9.59 Å². The lowest BCUT2D eigenvalue weighted by Crippen LogP contribution is -2.33. The Bertz CT molecular complexity index is 1250. The number of ether oxygens (including phenoxy) is 1. The number of hydrogen-bond donors (Lipinski definition) is 1. The molecule has 30 heavy (non-hydrogen) atoms. The molecule has 0 atom stereocenters. The van der Waals surface area contributed by atoms with E-state index in [4.69, 9.17) is 4.74 Å². The van der Waals surface area contributed by atoms with E-state index in [0.717, 1.165) is 28.0 Å². The number of aryl methyl sites for hydroxylation is 1. The highest BCUT2D eigenvalue weighted by Gasteiger charge is 2.13. The zero-order chi connectivity index (χ0) is 21.3. The summed E-state index contributed by atoms with van der Waals surface area (Å²) < 4.78 is 9.67. The first kappa shape index (κ1) is 20.2. The summed E-state index contributed by atoms with van der Waals surface area (Å²) in [5, 5.41) is 7.03. The number of fused-ring (bicyclic) bond motifs is 3. The summed E-state index contributed by atoms with van der Waals surface area (Å²) in [7, 11) is 0. The van der Waals surface area contributed by atoms with Gasteiger partial charge in [-0.1, -0.05) is 19.1 Å². The Labute approximate surface area is 177 Å². The SMILES string of the molecule is CCc1cc2c(cc3c(=O)n(CC(=O)NCc4ccc(OC(C)C)cc4)ncn32)s1. The van der Waals surface area contributed by atoms with Crippen molar-refractivity contribution in [2.45, 2.75) is 46.4 Å². The average molecular weight is 425 g/mol. The molecule has 3 aromatic heterocycles. The van der Waals surface area contributed by atoms with Gasteiger partial charge in [0.05, 0.1) is 16.3 Å². The first-order valence-electron chi connectivity index (χ1n) is 9.96. The quantitative estimate of drug-likeness (QED) is 0.493. The van der Waals surface area contributed by atoms with Gasteiger partial charge in [0.15, 0.2) is 0 Å².